The molecule has 0 bridgehead atoms. The van der Waals surface area contributed by atoms with Gasteiger partial charge in [-0.3, -0.25) is 9.59 Å². The van der Waals surface area contributed by atoms with Gasteiger partial charge in [-0.2, -0.15) is 0 Å². The Balaban J connectivity index is 1.57. The molecule has 0 atom stereocenters. The fraction of sp³-hybridized carbons (Fsp3) is 0.200. The van der Waals surface area contributed by atoms with Crippen LogP contribution in [0, 0.1) is 13.8 Å². The predicted molar refractivity (Wildman–Crippen MR) is 99.6 cm³/mol. The lowest BCUT2D eigenvalue weighted by molar-refractivity contribution is -0.136. The summed E-state index contributed by atoms with van der Waals surface area (Å²) in [5.41, 5.74) is 4.97. The van der Waals surface area contributed by atoms with Crippen LogP contribution in [-0.2, 0) is 16.0 Å². The third kappa shape index (κ3) is 3.88. The summed E-state index contributed by atoms with van der Waals surface area (Å²) in [5, 5.41) is 6.44. The molecule has 1 heterocycles. The maximum Gasteiger partial charge on any atom is 0.313 e. The van der Waals surface area contributed by atoms with Crippen LogP contribution in [0.4, 0.5) is 5.69 Å². The average molecular weight is 335 g/mol. The van der Waals surface area contributed by atoms with E-state index in [1.54, 1.807) is 6.07 Å². The molecular weight excluding hydrogens is 314 g/mol. The van der Waals surface area contributed by atoms with Gasteiger partial charge in [0.1, 0.15) is 0 Å². The van der Waals surface area contributed by atoms with Gasteiger partial charge in [0.15, 0.2) is 0 Å². The van der Waals surface area contributed by atoms with Crippen LogP contribution in [0.3, 0.4) is 0 Å². The monoisotopic (exact) mass is 335 g/mol. The second kappa shape index (κ2) is 7.21. The third-order valence-corrected chi connectivity index (χ3v) is 4.17. The molecule has 3 aromatic rings. The Hall–Kier alpha value is -3.08. The number of hydrogen-bond donors (Lipinski definition) is 3. The summed E-state index contributed by atoms with van der Waals surface area (Å²) in [7, 11) is 0. The van der Waals surface area contributed by atoms with E-state index in [4.69, 9.17) is 0 Å². The van der Waals surface area contributed by atoms with Crippen molar-refractivity contribution in [2.75, 3.05) is 11.9 Å². The molecule has 0 spiro atoms. The summed E-state index contributed by atoms with van der Waals surface area (Å²) >= 11 is 0. The highest BCUT2D eigenvalue weighted by atomic mass is 16.2. The second-order valence-electron chi connectivity index (χ2n) is 6.10. The minimum Gasteiger partial charge on any atom is -0.358 e. The molecule has 2 amide bonds. The van der Waals surface area contributed by atoms with Gasteiger partial charge >= 0.3 is 11.8 Å². The first-order chi connectivity index (χ1) is 12.0. The molecule has 0 radical (unpaired) electrons. The van der Waals surface area contributed by atoms with Gasteiger partial charge in [-0.05, 0) is 49.6 Å². The highest BCUT2D eigenvalue weighted by molar-refractivity contribution is 6.39. The predicted octanol–water partition coefficient (Wildman–Crippen LogP) is 3.08. The molecule has 2 aromatic carbocycles. The Bertz CT molecular complexity index is 928. The number of hydrogen-bond acceptors (Lipinski definition) is 2. The van der Waals surface area contributed by atoms with E-state index in [0.29, 0.717) is 18.7 Å². The van der Waals surface area contributed by atoms with E-state index in [2.05, 4.69) is 21.7 Å². The molecule has 0 aliphatic heterocycles. The minimum absolute atomic E-state index is 0.406. The van der Waals surface area contributed by atoms with Gasteiger partial charge in [0.25, 0.3) is 0 Å². The van der Waals surface area contributed by atoms with Crippen molar-refractivity contribution in [2.24, 2.45) is 0 Å². The molecule has 0 saturated carbocycles. The molecule has 0 unspecified atom stereocenters. The first-order valence-corrected chi connectivity index (χ1v) is 8.26. The number of carbonyl (C=O) groups excluding carboxylic acids is 2. The van der Waals surface area contributed by atoms with E-state index in [0.717, 1.165) is 27.7 Å². The van der Waals surface area contributed by atoms with Crippen molar-refractivity contribution in [2.45, 2.75) is 20.3 Å². The summed E-state index contributed by atoms with van der Waals surface area (Å²) in [6.07, 6.45) is 0.666. The maximum atomic E-state index is 12.0. The zero-order valence-corrected chi connectivity index (χ0v) is 14.3. The van der Waals surface area contributed by atoms with Crippen molar-refractivity contribution < 1.29 is 9.59 Å². The quantitative estimate of drug-likeness (QED) is 0.641. The van der Waals surface area contributed by atoms with Crippen LogP contribution in [0.25, 0.3) is 10.9 Å². The van der Waals surface area contributed by atoms with E-state index in [-0.39, 0.29) is 0 Å². The minimum atomic E-state index is -0.652. The van der Waals surface area contributed by atoms with Gasteiger partial charge < -0.3 is 15.6 Å². The summed E-state index contributed by atoms with van der Waals surface area (Å²) in [5.74, 6) is -1.28. The van der Waals surface area contributed by atoms with Crippen molar-refractivity contribution in [3.05, 3.63) is 65.4 Å². The van der Waals surface area contributed by atoms with Crippen LogP contribution in [0.15, 0.2) is 48.5 Å². The normalized spacial score (nSPS) is 10.6. The fourth-order valence-corrected chi connectivity index (χ4v) is 2.95. The largest absolute Gasteiger partial charge is 0.358 e. The summed E-state index contributed by atoms with van der Waals surface area (Å²) in [6.45, 7) is 4.35. The summed E-state index contributed by atoms with van der Waals surface area (Å²) < 4.78 is 0. The molecule has 0 aliphatic carbocycles. The highest BCUT2D eigenvalue weighted by Crippen LogP contribution is 2.21. The smallest absolute Gasteiger partial charge is 0.313 e. The van der Waals surface area contributed by atoms with Gasteiger partial charge in [-0.15, -0.1) is 0 Å². The number of nitrogens with one attached hydrogen (secondary N) is 3. The zero-order chi connectivity index (χ0) is 17.8. The maximum absolute atomic E-state index is 12.0. The number of H-pyrrole nitrogens is 1. The van der Waals surface area contributed by atoms with Gasteiger partial charge in [-0.1, -0.05) is 30.3 Å². The van der Waals surface area contributed by atoms with Crippen LogP contribution in [-0.4, -0.2) is 23.3 Å². The van der Waals surface area contributed by atoms with E-state index in [9.17, 15) is 9.59 Å². The van der Waals surface area contributed by atoms with E-state index in [1.165, 1.54) is 0 Å². The zero-order valence-electron chi connectivity index (χ0n) is 14.3. The SMILES string of the molecule is Cc1cccc(NC(=O)C(=O)NCCc2c(C)[nH]c3ccccc23)c1. The van der Waals surface area contributed by atoms with Crippen LogP contribution in [0.5, 0.6) is 0 Å². The molecule has 0 saturated heterocycles. The first kappa shape index (κ1) is 16.8. The van der Waals surface area contributed by atoms with Crippen molar-refractivity contribution in [1.82, 2.24) is 10.3 Å². The number of para-hydroxylation sites is 1. The molecule has 5 nitrogen and oxygen atoms in total. The van der Waals surface area contributed by atoms with E-state index >= 15 is 0 Å². The van der Waals surface area contributed by atoms with E-state index in [1.807, 2.05) is 50.2 Å². The molecule has 0 fully saturated rings. The van der Waals surface area contributed by atoms with Gasteiger partial charge in [0, 0.05) is 28.8 Å². The number of aryl methyl sites for hydroxylation is 2. The molecule has 25 heavy (non-hydrogen) atoms. The Morgan fingerprint density at radius 3 is 2.60 bits per heavy atom. The Morgan fingerprint density at radius 2 is 1.80 bits per heavy atom. The third-order valence-electron chi connectivity index (χ3n) is 4.17. The number of rotatable bonds is 4. The highest BCUT2D eigenvalue weighted by Gasteiger charge is 2.14. The Labute approximate surface area is 146 Å². The topological polar surface area (TPSA) is 74.0 Å². The van der Waals surface area contributed by atoms with Gasteiger partial charge in [0.05, 0.1) is 0 Å². The fourth-order valence-electron chi connectivity index (χ4n) is 2.95. The lowest BCUT2D eigenvalue weighted by atomic mass is 10.1. The Morgan fingerprint density at radius 1 is 1.00 bits per heavy atom. The number of aromatic amines is 1. The number of carbonyl (C=O) groups is 2. The summed E-state index contributed by atoms with van der Waals surface area (Å²) in [6, 6.07) is 15.4. The van der Waals surface area contributed by atoms with Crippen molar-refractivity contribution in [3.8, 4) is 0 Å². The van der Waals surface area contributed by atoms with Crippen molar-refractivity contribution >= 4 is 28.4 Å². The molecular formula is C20H21N3O2. The standard InChI is InChI=1S/C20H21N3O2/c1-13-6-5-7-15(12-13)23-20(25)19(24)21-11-10-16-14(2)22-18-9-4-3-8-17(16)18/h3-9,12,22H,10-11H2,1-2H3,(H,21,24)(H,23,25). The molecule has 5 heteroatoms. The first-order valence-electron chi connectivity index (χ1n) is 8.26. The lowest BCUT2D eigenvalue weighted by Crippen LogP contribution is -2.36. The Kier molecular flexibility index (Phi) is 4.84. The second-order valence-corrected chi connectivity index (χ2v) is 6.10. The van der Waals surface area contributed by atoms with Crippen LogP contribution < -0.4 is 10.6 Å². The number of anilines is 1. The van der Waals surface area contributed by atoms with Crippen molar-refractivity contribution in [3.63, 3.8) is 0 Å². The molecule has 1 aromatic heterocycles. The number of benzene rings is 2. The number of amides is 2. The summed E-state index contributed by atoms with van der Waals surface area (Å²) in [4.78, 5) is 27.3. The van der Waals surface area contributed by atoms with Gasteiger partial charge in [0.2, 0.25) is 0 Å². The van der Waals surface area contributed by atoms with E-state index < -0.39 is 11.8 Å². The molecule has 128 valence electrons. The molecule has 3 N–H and O–H groups in total. The average Bonchev–Trinajstić information content (AvgIpc) is 2.90. The molecule has 0 aliphatic rings. The van der Waals surface area contributed by atoms with Crippen LogP contribution >= 0.6 is 0 Å². The number of aromatic nitrogens is 1. The van der Waals surface area contributed by atoms with Gasteiger partial charge in [-0.25, -0.2) is 0 Å². The van der Waals surface area contributed by atoms with Crippen LogP contribution in [0.1, 0.15) is 16.8 Å². The number of fused-ring (bicyclic) bond motifs is 1. The lowest BCUT2D eigenvalue weighted by Gasteiger charge is -2.07. The van der Waals surface area contributed by atoms with Crippen LogP contribution in [0.2, 0.25) is 0 Å². The van der Waals surface area contributed by atoms with Crippen molar-refractivity contribution in [1.29, 1.82) is 0 Å². The molecule has 3 rings (SSSR count).